The van der Waals surface area contributed by atoms with Crippen LogP contribution in [-0.4, -0.2) is 51.7 Å². The zero-order valence-electron chi connectivity index (χ0n) is 15.3. The number of likely N-dealkylation sites (tertiary alicyclic amines) is 1. The van der Waals surface area contributed by atoms with Gasteiger partial charge in [-0.15, -0.1) is 11.6 Å². The highest BCUT2D eigenvalue weighted by molar-refractivity contribution is 6.29. The number of carbonyl (C=O) groups is 2. The zero-order chi connectivity index (χ0) is 19.5. The molecule has 1 atom stereocenters. The molecule has 0 aliphatic carbocycles. The molecule has 7 heteroatoms. The predicted octanol–water partition coefficient (Wildman–Crippen LogP) is 3.44. The number of aromatic nitrogens is 2. The highest BCUT2D eigenvalue weighted by Crippen LogP contribution is 2.26. The summed E-state index contributed by atoms with van der Waals surface area (Å²) in [6.45, 7) is 1.14. The first-order valence-corrected chi connectivity index (χ1v) is 9.87. The van der Waals surface area contributed by atoms with Crippen LogP contribution in [0, 0.1) is 0 Å². The average molecular weight is 397 g/mol. The van der Waals surface area contributed by atoms with Gasteiger partial charge in [0.1, 0.15) is 11.5 Å². The molecule has 1 N–H and O–H groups in total. The Balaban J connectivity index is 1.59. The predicted molar refractivity (Wildman–Crippen MR) is 110 cm³/mol. The second kappa shape index (κ2) is 8.02. The van der Waals surface area contributed by atoms with E-state index in [0.717, 1.165) is 23.9 Å². The van der Waals surface area contributed by atoms with Gasteiger partial charge in [0.25, 0.3) is 5.91 Å². The van der Waals surface area contributed by atoms with Gasteiger partial charge in [0.05, 0.1) is 11.6 Å². The lowest BCUT2D eigenvalue weighted by molar-refractivity contribution is -0.117. The van der Waals surface area contributed by atoms with Crippen LogP contribution in [0.1, 0.15) is 23.2 Å². The third-order valence-electron chi connectivity index (χ3n) is 5.15. The highest BCUT2D eigenvalue weighted by Gasteiger charge is 2.32. The first-order chi connectivity index (χ1) is 13.7. The van der Waals surface area contributed by atoms with E-state index in [0.29, 0.717) is 24.3 Å². The summed E-state index contributed by atoms with van der Waals surface area (Å²) in [6.07, 6.45) is 5.06. The summed E-state index contributed by atoms with van der Waals surface area (Å²) in [7, 11) is 0. The van der Waals surface area contributed by atoms with Crippen LogP contribution in [0.25, 0.3) is 11.0 Å². The van der Waals surface area contributed by atoms with Gasteiger partial charge in [0.15, 0.2) is 0 Å². The van der Waals surface area contributed by atoms with Gasteiger partial charge < -0.3 is 14.8 Å². The van der Waals surface area contributed by atoms with E-state index in [4.69, 9.17) is 11.6 Å². The van der Waals surface area contributed by atoms with Crippen LogP contribution in [0.2, 0.25) is 0 Å². The number of fused-ring (bicyclic) bond motifs is 1. The number of benzene rings is 1. The van der Waals surface area contributed by atoms with Crippen molar-refractivity contribution in [2.24, 2.45) is 0 Å². The molecule has 144 valence electrons. The average Bonchev–Trinajstić information content (AvgIpc) is 3.18. The monoisotopic (exact) mass is 396 g/mol. The molecule has 3 heterocycles. The van der Waals surface area contributed by atoms with E-state index in [1.807, 2.05) is 47.4 Å². The van der Waals surface area contributed by atoms with E-state index < -0.39 is 0 Å². The number of para-hydroxylation sites is 1. The quantitative estimate of drug-likeness (QED) is 0.687. The van der Waals surface area contributed by atoms with Crippen molar-refractivity contribution in [1.82, 2.24) is 14.9 Å². The Morgan fingerprint density at radius 2 is 2.04 bits per heavy atom. The molecule has 1 aliphatic heterocycles. The molecule has 1 saturated heterocycles. The number of aromatic amines is 1. The van der Waals surface area contributed by atoms with Crippen molar-refractivity contribution in [1.29, 1.82) is 0 Å². The Morgan fingerprint density at radius 3 is 2.82 bits per heavy atom. The Labute approximate surface area is 168 Å². The number of hydrogen-bond acceptors (Lipinski definition) is 3. The van der Waals surface area contributed by atoms with Gasteiger partial charge >= 0.3 is 0 Å². The van der Waals surface area contributed by atoms with Gasteiger partial charge in [-0.2, -0.15) is 0 Å². The van der Waals surface area contributed by atoms with Crippen LogP contribution < -0.4 is 4.90 Å². The van der Waals surface area contributed by atoms with Crippen molar-refractivity contribution in [3.8, 4) is 0 Å². The van der Waals surface area contributed by atoms with E-state index >= 15 is 0 Å². The highest BCUT2D eigenvalue weighted by atomic mass is 35.5. The molecule has 3 aromatic rings. The Morgan fingerprint density at radius 1 is 1.21 bits per heavy atom. The lowest BCUT2D eigenvalue weighted by Crippen LogP contribution is -2.52. The molecule has 1 aliphatic rings. The van der Waals surface area contributed by atoms with Gasteiger partial charge in [-0.1, -0.05) is 18.2 Å². The molecule has 28 heavy (non-hydrogen) atoms. The number of halogens is 1. The Hall–Kier alpha value is -2.86. The Bertz CT molecular complexity index is 988. The van der Waals surface area contributed by atoms with Crippen LogP contribution in [0.3, 0.4) is 0 Å². The Kier molecular flexibility index (Phi) is 5.30. The van der Waals surface area contributed by atoms with Crippen LogP contribution in [-0.2, 0) is 4.79 Å². The molecule has 1 aromatic carbocycles. The van der Waals surface area contributed by atoms with Crippen LogP contribution in [0.4, 0.5) is 5.69 Å². The first kappa shape index (κ1) is 18.5. The summed E-state index contributed by atoms with van der Waals surface area (Å²) in [5, 5.41) is 0.811. The molecule has 4 rings (SSSR count). The van der Waals surface area contributed by atoms with E-state index in [9.17, 15) is 9.59 Å². The summed E-state index contributed by atoms with van der Waals surface area (Å²) in [5.74, 6) is -0.285. The van der Waals surface area contributed by atoms with Gasteiger partial charge in [-0.05, 0) is 37.1 Å². The molecule has 6 nitrogen and oxygen atoms in total. The number of amides is 2. The largest absolute Gasteiger partial charge is 0.345 e. The summed E-state index contributed by atoms with van der Waals surface area (Å²) >= 11 is 5.88. The topological polar surface area (TPSA) is 69.3 Å². The standard InChI is InChI=1S/C21H21ClN4O2/c22-12-19(27)26(15-6-2-1-3-7-15)16-8-5-11-25(14-16)21(28)18-13-24-20-17(18)9-4-10-23-20/h1-4,6-7,9-10,13,16H,5,8,11-12,14H2,(H,23,24). The number of nitrogens with zero attached hydrogens (tertiary/aromatic N) is 3. The van der Waals surface area contributed by atoms with Gasteiger partial charge in [0.2, 0.25) is 5.91 Å². The van der Waals surface area contributed by atoms with Crippen molar-refractivity contribution in [3.63, 3.8) is 0 Å². The maximum absolute atomic E-state index is 13.2. The third-order valence-corrected chi connectivity index (χ3v) is 5.38. The number of H-pyrrole nitrogens is 1. The number of anilines is 1. The summed E-state index contributed by atoms with van der Waals surface area (Å²) in [6, 6.07) is 13.1. The number of alkyl halides is 1. The van der Waals surface area contributed by atoms with Crippen LogP contribution >= 0.6 is 11.6 Å². The van der Waals surface area contributed by atoms with Crippen molar-refractivity contribution < 1.29 is 9.59 Å². The number of pyridine rings is 1. The SMILES string of the molecule is O=C(c1c[nH]c2ncccc12)N1CCCC(N(C(=O)CCl)c2ccccc2)C1. The number of nitrogens with one attached hydrogen (secondary N) is 1. The van der Waals surface area contributed by atoms with Gasteiger partial charge in [-0.3, -0.25) is 9.59 Å². The molecule has 1 fully saturated rings. The maximum Gasteiger partial charge on any atom is 0.256 e. The number of hydrogen-bond donors (Lipinski definition) is 1. The molecule has 2 amide bonds. The fourth-order valence-electron chi connectivity index (χ4n) is 3.86. The first-order valence-electron chi connectivity index (χ1n) is 9.33. The van der Waals surface area contributed by atoms with Crippen molar-refractivity contribution in [2.75, 3.05) is 23.9 Å². The van der Waals surface area contributed by atoms with Gasteiger partial charge in [0, 0.05) is 36.6 Å². The molecule has 0 radical (unpaired) electrons. The summed E-state index contributed by atoms with van der Waals surface area (Å²) in [5.41, 5.74) is 2.12. The summed E-state index contributed by atoms with van der Waals surface area (Å²) in [4.78, 5) is 36.6. The molecule has 2 aromatic heterocycles. The lowest BCUT2D eigenvalue weighted by Gasteiger charge is -2.39. The van der Waals surface area contributed by atoms with E-state index in [1.165, 1.54) is 0 Å². The molecule has 0 bridgehead atoms. The summed E-state index contributed by atoms with van der Waals surface area (Å²) < 4.78 is 0. The normalized spacial score (nSPS) is 16.9. The molecular formula is C21H21ClN4O2. The van der Waals surface area contributed by atoms with Gasteiger partial charge in [-0.25, -0.2) is 4.98 Å². The van der Waals surface area contributed by atoms with E-state index in [-0.39, 0.29) is 23.7 Å². The fraction of sp³-hybridized carbons (Fsp3) is 0.286. The van der Waals surface area contributed by atoms with Crippen molar-refractivity contribution in [3.05, 3.63) is 60.4 Å². The van der Waals surface area contributed by atoms with Crippen LogP contribution in [0.5, 0.6) is 0 Å². The lowest BCUT2D eigenvalue weighted by atomic mass is 10.0. The molecule has 0 saturated carbocycles. The third kappa shape index (κ3) is 3.47. The number of piperidine rings is 1. The minimum absolute atomic E-state index is 0.0460. The second-order valence-corrected chi connectivity index (χ2v) is 7.15. The zero-order valence-corrected chi connectivity index (χ0v) is 16.1. The molecule has 0 spiro atoms. The van der Waals surface area contributed by atoms with Crippen LogP contribution in [0.15, 0.2) is 54.9 Å². The number of carbonyl (C=O) groups excluding carboxylic acids is 2. The minimum atomic E-state index is -0.150. The molecular weight excluding hydrogens is 376 g/mol. The fourth-order valence-corrected chi connectivity index (χ4v) is 3.99. The minimum Gasteiger partial charge on any atom is -0.345 e. The van der Waals surface area contributed by atoms with E-state index in [1.54, 1.807) is 17.3 Å². The number of rotatable bonds is 4. The maximum atomic E-state index is 13.2. The smallest absolute Gasteiger partial charge is 0.256 e. The van der Waals surface area contributed by atoms with E-state index in [2.05, 4.69) is 9.97 Å². The van der Waals surface area contributed by atoms with Crippen molar-refractivity contribution >= 4 is 40.1 Å². The second-order valence-electron chi connectivity index (χ2n) is 6.88. The van der Waals surface area contributed by atoms with Crippen molar-refractivity contribution in [2.45, 2.75) is 18.9 Å². The molecule has 1 unspecified atom stereocenters.